The molecule has 0 atom stereocenters. The van der Waals surface area contributed by atoms with Gasteiger partial charge in [0, 0.05) is 24.7 Å². The molecular formula is C18H19N5O2. The predicted octanol–water partition coefficient (Wildman–Crippen LogP) is 1.72. The molecule has 3 aromatic rings. The third-order valence-corrected chi connectivity index (χ3v) is 4.70. The molecule has 3 heterocycles. The summed E-state index contributed by atoms with van der Waals surface area (Å²) in [5.74, 6) is -0.131. The van der Waals surface area contributed by atoms with Crippen LogP contribution < -0.4 is 0 Å². The van der Waals surface area contributed by atoms with Crippen molar-refractivity contribution in [2.24, 2.45) is 0 Å². The molecule has 0 unspecified atom stereocenters. The minimum absolute atomic E-state index is 0.131. The Hall–Kier alpha value is -2.80. The highest BCUT2D eigenvalue weighted by molar-refractivity contribution is 5.94. The number of aromatic nitrogens is 4. The molecule has 1 saturated heterocycles. The van der Waals surface area contributed by atoms with Crippen molar-refractivity contribution in [2.75, 3.05) is 13.1 Å². The first-order valence-corrected chi connectivity index (χ1v) is 8.39. The lowest BCUT2D eigenvalue weighted by molar-refractivity contribution is 0.0541. The van der Waals surface area contributed by atoms with Crippen molar-refractivity contribution < 1.29 is 9.90 Å². The molecule has 0 radical (unpaired) electrons. The Bertz CT molecular complexity index is 923. The van der Waals surface area contributed by atoms with Crippen molar-refractivity contribution in [3.63, 3.8) is 0 Å². The molecule has 1 amide bonds. The first-order valence-electron chi connectivity index (χ1n) is 8.39. The SMILES string of the molecule is Cc1c(C(=O)N2CCC(O)CC2)nnn1-c1cccc2ncccc12. The maximum Gasteiger partial charge on any atom is 0.276 e. The zero-order valence-electron chi connectivity index (χ0n) is 14.0. The van der Waals surface area contributed by atoms with Gasteiger partial charge < -0.3 is 10.0 Å². The van der Waals surface area contributed by atoms with Crippen LogP contribution in [0.5, 0.6) is 0 Å². The van der Waals surface area contributed by atoms with Crippen molar-refractivity contribution in [1.29, 1.82) is 0 Å². The van der Waals surface area contributed by atoms with Gasteiger partial charge in [-0.05, 0) is 44.0 Å². The summed E-state index contributed by atoms with van der Waals surface area (Å²) < 4.78 is 1.69. The number of aliphatic hydroxyl groups is 1. The van der Waals surface area contributed by atoms with Gasteiger partial charge in [-0.15, -0.1) is 5.10 Å². The van der Waals surface area contributed by atoms with E-state index in [0.29, 0.717) is 37.3 Å². The molecule has 0 aliphatic carbocycles. The first kappa shape index (κ1) is 15.7. The summed E-state index contributed by atoms with van der Waals surface area (Å²) in [6.07, 6.45) is 2.64. The molecule has 0 bridgehead atoms. The number of aliphatic hydroxyl groups excluding tert-OH is 1. The smallest absolute Gasteiger partial charge is 0.276 e. The Balaban J connectivity index is 1.70. The third-order valence-electron chi connectivity index (χ3n) is 4.70. The average molecular weight is 337 g/mol. The lowest BCUT2D eigenvalue weighted by Crippen LogP contribution is -2.40. The van der Waals surface area contributed by atoms with Crippen LogP contribution in [0, 0.1) is 6.92 Å². The van der Waals surface area contributed by atoms with Crippen LogP contribution in [0.3, 0.4) is 0 Å². The van der Waals surface area contributed by atoms with Gasteiger partial charge in [0.05, 0.1) is 23.0 Å². The Morgan fingerprint density at radius 2 is 2.00 bits per heavy atom. The Labute approximate surface area is 144 Å². The highest BCUT2D eigenvalue weighted by Gasteiger charge is 2.26. The number of nitrogens with zero attached hydrogens (tertiary/aromatic N) is 5. The molecular weight excluding hydrogens is 318 g/mol. The second-order valence-corrected chi connectivity index (χ2v) is 6.31. The lowest BCUT2D eigenvalue weighted by Gasteiger charge is -2.29. The average Bonchev–Trinajstić information content (AvgIpc) is 3.02. The van der Waals surface area contributed by atoms with Crippen LogP contribution in [0.15, 0.2) is 36.5 Å². The van der Waals surface area contributed by atoms with E-state index in [1.54, 1.807) is 15.8 Å². The van der Waals surface area contributed by atoms with Crippen molar-refractivity contribution in [2.45, 2.75) is 25.9 Å². The highest BCUT2D eigenvalue weighted by Crippen LogP contribution is 2.22. The highest BCUT2D eigenvalue weighted by atomic mass is 16.3. The summed E-state index contributed by atoms with van der Waals surface area (Å²) in [5.41, 5.74) is 2.78. The van der Waals surface area contributed by atoms with E-state index in [1.807, 2.05) is 37.3 Å². The standard InChI is InChI=1S/C18H19N5O2/c1-12-17(18(25)22-10-7-13(24)8-11-22)20-21-23(12)16-6-2-5-15-14(16)4-3-9-19-15/h2-6,9,13,24H,7-8,10-11H2,1H3. The fourth-order valence-electron chi connectivity index (χ4n) is 3.25. The van der Waals surface area contributed by atoms with Crippen LogP contribution in [0.1, 0.15) is 29.0 Å². The van der Waals surface area contributed by atoms with E-state index in [2.05, 4.69) is 15.3 Å². The number of fused-ring (bicyclic) bond motifs is 1. The molecule has 1 aliphatic rings. The van der Waals surface area contributed by atoms with Crippen LogP contribution >= 0.6 is 0 Å². The van der Waals surface area contributed by atoms with Gasteiger partial charge in [-0.1, -0.05) is 11.3 Å². The van der Waals surface area contributed by atoms with E-state index in [-0.39, 0.29) is 12.0 Å². The quantitative estimate of drug-likeness (QED) is 0.770. The van der Waals surface area contributed by atoms with Crippen LogP contribution in [-0.4, -0.2) is 55.1 Å². The molecule has 1 fully saturated rings. The van der Waals surface area contributed by atoms with E-state index in [9.17, 15) is 9.90 Å². The van der Waals surface area contributed by atoms with Crippen molar-refractivity contribution >= 4 is 16.8 Å². The number of hydrogen-bond acceptors (Lipinski definition) is 5. The number of carbonyl (C=O) groups is 1. The monoisotopic (exact) mass is 337 g/mol. The van der Waals surface area contributed by atoms with Crippen LogP contribution in [0.2, 0.25) is 0 Å². The number of amides is 1. The van der Waals surface area contributed by atoms with E-state index < -0.39 is 0 Å². The van der Waals surface area contributed by atoms with Gasteiger partial charge >= 0.3 is 0 Å². The number of pyridine rings is 1. The molecule has 1 aliphatic heterocycles. The third kappa shape index (κ3) is 2.76. The van der Waals surface area contributed by atoms with Gasteiger partial charge in [0.2, 0.25) is 0 Å². The Kier molecular flexibility index (Phi) is 3.93. The van der Waals surface area contributed by atoms with E-state index in [4.69, 9.17) is 0 Å². The largest absolute Gasteiger partial charge is 0.393 e. The molecule has 1 aromatic carbocycles. The Morgan fingerprint density at radius 1 is 1.20 bits per heavy atom. The minimum atomic E-state index is -0.316. The van der Waals surface area contributed by atoms with Crippen molar-refractivity contribution in [3.8, 4) is 5.69 Å². The second-order valence-electron chi connectivity index (χ2n) is 6.31. The first-order chi connectivity index (χ1) is 12.1. The maximum atomic E-state index is 12.8. The van der Waals surface area contributed by atoms with Gasteiger partial charge in [-0.3, -0.25) is 9.78 Å². The van der Waals surface area contributed by atoms with E-state index in [0.717, 1.165) is 16.6 Å². The Morgan fingerprint density at radius 3 is 2.80 bits per heavy atom. The van der Waals surface area contributed by atoms with Gasteiger partial charge in [-0.2, -0.15) is 0 Å². The molecule has 4 rings (SSSR count). The fraction of sp³-hybridized carbons (Fsp3) is 0.333. The van der Waals surface area contributed by atoms with E-state index >= 15 is 0 Å². The number of likely N-dealkylation sites (tertiary alicyclic amines) is 1. The topological polar surface area (TPSA) is 84.1 Å². The molecule has 0 saturated carbocycles. The number of rotatable bonds is 2. The van der Waals surface area contributed by atoms with E-state index in [1.165, 1.54) is 0 Å². The maximum absolute atomic E-state index is 12.8. The van der Waals surface area contributed by atoms with Crippen LogP contribution in [0.25, 0.3) is 16.6 Å². The zero-order valence-corrected chi connectivity index (χ0v) is 14.0. The molecule has 1 N–H and O–H groups in total. The van der Waals surface area contributed by atoms with Crippen LogP contribution in [0.4, 0.5) is 0 Å². The van der Waals surface area contributed by atoms with Gasteiger partial charge in [0.1, 0.15) is 0 Å². The minimum Gasteiger partial charge on any atom is -0.393 e. The summed E-state index contributed by atoms with van der Waals surface area (Å²) in [4.78, 5) is 18.8. The molecule has 128 valence electrons. The summed E-state index contributed by atoms with van der Waals surface area (Å²) in [6, 6.07) is 9.65. The number of carbonyl (C=O) groups excluding carboxylic acids is 1. The van der Waals surface area contributed by atoms with Crippen LogP contribution in [-0.2, 0) is 0 Å². The molecule has 25 heavy (non-hydrogen) atoms. The predicted molar refractivity (Wildman–Crippen MR) is 92.5 cm³/mol. The van der Waals surface area contributed by atoms with Gasteiger partial charge in [0.15, 0.2) is 5.69 Å². The number of benzene rings is 1. The number of hydrogen-bond donors (Lipinski definition) is 1. The zero-order chi connectivity index (χ0) is 17.4. The molecule has 7 nitrogen and oxygen atoms in total. The summed E-state index contributed by atoms with van der Waals surface area (Å²) >= 11 is 0. The summed E-state index contributed by atoms with van der Waals surface area (Å²) in [5, 5.41) is 18.9. The van der Waals surface area contributed by atoms with Crippen molar-refractivity contribution in [1.82, 2.24) is 24.9 Å². The van der Waals surface area contributed by atoms with Gasteiger partial charge in [-0.25, -0.2) is 4.68 Å². The summed E-state index contributed by atoms with van der Waals surface area (Å²) in [6.45, 7) is 2.94. The molecule has 2 aromatic heterocycles. The fourth-order valence-corrected chi connectivity index (χ4v) is 3.25. The number of piperidine rings is 1. The normalized spacial score (nSPS) is 15.7. The summed E-state index contributed by atoms with van der Waals surface area (Å²) in [7, 11) is 0. The van der Waals surface area contributed by atoms with Gasteiger partial charge in [0.25, 0.3) is 5.91 Å². The molecule has 0 spiro atoms. The lowest BCUT2D eigenvalue weighted by atomic mass is 10.1. The van der Waals surface area contributed by atoms with Crippen molar-refractivity contribution in [3.05, 3.63) is 47.9 Å². The molecule has 7 heteroatoms. The second kappa shape index (κ2) is 6.25.